The highest BCUT2D eigenvalue weighted by Crippen LogP contribution is 2.26. The Morgan fingerprint density at radius 1 is 1.00 bits per heavy atom. The van der Waals surface area contributed by atoms with Gasteiger partial charge in [0.25, 0.3) is 5.91 Å². The van der Waals surface area contributed by atoms with Gasteiger partial charge in [0.1, 0.15) is 11.2 Å². The van der Waals surface area contributed by atoms with E-state index in [9.17, 15) is 9.18 Å². The van der Waals surface area contributed by atoms with Gasteiger partial charge in [-0.15, -0.1) is 0 Å². The Bertz CT molecular complexity index is 1040. The zero-order chi connectivity index (χ0) is 17.2. The van der Waals surface area contributed by atoms with Crippen molar-refractivity contribution in [2.75, 3.05) is 5.32 Å². The van der Waals surface area contributed by atoms with Crippen LogP contribution in [0.5, 0.6) is 0 Å². The molecule has 2 aromatic carbocycles. The molecule has 122 valence electrons. The van der Waals surface area contributed by atoms with Gasteiger partial charge in [0.05, 0.1) is 0 Å². The van der Waals surface area contributed by atoms with Crippen molar-refractivity contribution in [1.82, 2.24) is 9.97 Å². The molecule has 0 spiro atoms. The van der Waals surface area contributed by atoms with E-state index in [0.29, 0.717) is 28.4 Å². The van der Waals surface area contributed by atoms with Crippen LogP contribution in [-0.4, -0.2) is 15.9 Å². The monoisotopic (exact) mass is 333 g/mol. The number of amides is 1. The summed E-state index contributed by atoms with van der Waals surface area (Å²) in [6, 6.07) is 16.6. The molecule has 4 aromatic rings. The Balaban J connectivity index is 1.57. The number of fused-ring (bicyclic) bond motifs is 1. The van der Waals surface area contributed by atoms with Gasteiger partial charge in [0.2, 0.25) is 5.89 Å². The van der Waals surface area contributed by atoms with Gasteiger partial charge in [0, 0.05) is 17.4 Å². The van der Waals surface area contributed by atoms with Crippen molar-refractivity contribution in [3.05, 3.63) is 78.4 Å². The summed E-state index contributed by atoms with van der Waals surface area (Å²) in [7, 11) is 0. The van der Waals surface area contributed by atoms with Crippen LogP contribution in [0.15, 0.2) is 71.3 Å². The molecule has 2 heterocycles. The Hall–Kier alpha value is -3.54. The molecule has 0 atom stereocenters. The molecule has 0 aliphatic heterocycles. The first-order valence-corrected chi connectivity index (χ1v) is 7.58. The van der Waals surface area contributed by atoms with Crippen LogP contribution in [0.25, 0.3) is 22.6 Å². The fourth-order valence-electron chi connectivity index (χ4n) is 2.43. The number of nitrogens with zero attached hydrogens (tertiary/aromatic N) is 2. The van der Waals surface area contributed by atoms with E-state index in [-0.39, 0.29) is 11.4 Å². The molecule has 4 rings (SSSR count). The van der Waals surface area contributed by atoms with Crippen LogP contribution < -0.4 is 5.32 Å². The summed E-state index contributed by atoms with van der Waals surface area (Å²) in [6.07, 6.45) is 1.56. The fraction of sp³-hybridized carbons (Fsp3) is 0. The van der Waals surface area contributed by atoms with Crippen LogP contribution in [0, 0.1) is 5.82 Å². The second-order valence-corrected chi connectivity index (χ2v) is 5.35. The van der Waals surface area contributed by atoms with Crippen molar-refractivity contribution in [3.63, 3.8) is 0 Å². The van der Waals surface area contributed by atoms with E-state index in [2.05, 4.69) is 15.3 Å². The van der Waals surface area contributed by atoms with Crippen molar-refractivity contribution < 1.29 is 13.6 Å². The van der Waals surface area contributed by atoms with E-state index in [1.165, 1.54) is 6.07 Å². The van der Waals surface area contributed by atoms with Crippen molar-refractivity contribution in [3.8, 4) is 11.5 Å². The number of aromatic nitrogens is 2. The van der Waals surface area contributed by atoms with Crippen molar-refractivity contribution in [1.29, 1.82) is 0 Å². The first kappa shape index (κ1) is 15.0. The molecule has 0 bridgehead atoms. The molecule has 0 fully saturated rings. The number of carbonyl (C=O) groups is 1. The highest BCUT2D eigenvalue weighted by atomic mass is 19.1. The fourth-order valence-corrected chi connectivity index (χ4v) is 2.43. The van der Waals surface area contributed by atoms with E-state index in [1.54, 1.807) is 60.8 Å². The average Bonchev–Trinajstić information content (AvgIpc) is 3.09. The van der Waals surface area contributed by atoms with Gasteiger partial charge in [-0.2, -0.15) is 0 Å². The predicted molar refractivity (Wildman–Crippen MR) is 91.6 cm³/mol. The van der Waals surface area contributed by atoms with Gasteiger partial charge in [-0.3, -0.25) is 9.78 Å². The van der Waals surface area contributed by atoms with Crippen molar-refractivity contribution >= 4 is 22.7 Å². The topological polar surface area (TPSA) is 68.0 Å². The smallest absolute Gasteiger partial charge is 0.274 e. The van der Waals surface area contributed by atoms with E-state index in [4.69, 9.17) is 4.42 Å². The number of nitrogens with one attached hydrogen (secondary N) is 1. The number of benzene rings is 2. The molecule has 0 aliphatic carbocycles. The van der Waals surface area contributed by atoms with E-state index in [0.717, 1.165) is 0 Å². The second-order valence-electron chi connectivity index (χ2n) is 5.35. The molecule has 6 heteroatoms. The molecule has 0 saturated carbocycles. The Kier molecular flexibility index (Phi) is 3.70. The number of hydrogen-bond acceptors (Lipinski definition) is 4. The van der Waals surface area contributed by atoms with Crippen molar-refractivity contribution in [2.24, 2.45) is 0 Å². The van der Waals surface area contributed by atoms with Gasteiger partial charge in [-0.1, -0.05) is 12.1 Å². The molecule has 1 N–H and O–H groups in total. The summed E-state index contributed by atoms with van der Waals surface area (Å²) >= 11 is 0. The maximum Gasteiger partial charge on any atom is 0.274 e. The molecular formula is C19H12FN3O2. The summed E-state index contributed by atoms with van der Waals surface area (Å²) in [5.41, 5.74) is 2.22. The lowest BCUT2D eigenvalue weighted by atomic mass is 10.2. The summed E-state index contributed by atoms with van der Waals surface area (Å²) in [5, 5.41) is 2.76. The molecular weight excluding hydrogens is 321 g/mol. The molecule has 0 unspecified atom stereocenters. The van der Waals surface area contributed by atoms with E-state index >= 15 is 0 Å². The number of anilines is 1. The first-order chi connectivity index (χ1) is 12.2. The molecule has 0 saturated heterocycles. The number of carbonyl (C=O) groups excluding carboxylic acids is 1. The van der Waals surface area contributed by atoms with E-state index < -0.39 is 5.82 Å². The van der Waals surface area contributed by atoms with Crippen LogP contribution in [0.1, 0.15) is 10.5 Å². The zero-order valence-electron chi connectivity index (χ0n) is 12.9. The summed E-state index contributed by atoms with van der Waals surface area (Å²) in [6.45, 7) is 0. The third kappa shape index (κ3) is 2.97. The highest BCUT2D eigenvalue weighted by Gasteiger charge is 2.12. The summed E-state index contributed by atoms with van der Waals surface area (Å²) in [4.78, 5) is 20.3. The number of halogens is 1. The van der Waals surface area contributed by atoms with Crippen LogP contribution in [0.2, 0.25) is 0 Å². The predicted octanol–water partition coefficient (Wildman–Crippen LogP) is 4.28. The zero-order valence-corrected chi connectivity index (χ0v) is 12.9. The molecule has 0 aliphatic rings. The van der Waals surface area contributed by atoms with Crippen LogP contribution >= 0.6 is 0 Å². The molecule has 0 radical (unpaired) electrons. The molecule has 1 amide bonds. The van der Waals surface area contributed by atoms with E-state index in [1.807, 2.05) is 0 Å². The van der Waals surface area contributed by atoms with Crippen LogP contribution in [0.4, 0.5) is 10.1 Å². The summed E-state index contributed by atoms with van der Waals surface area (Å²) in [5.74, 6) is -0.397. The SMILES string of the molecule is O=C(Nc1ccc(-c2nc3c(F)cccc3o2)cc1)c1ccccn1. The lowest BCUT2D eigenvalue weighted by Crippen LogP contribution is -2.13. The van der Waals surface area contributed by atoms with Gasteiger partial charge in [0.15, 0.2) is 11.4 Å². The van der Waals surface area contributed by atoms with Gasteiger partial charge in [-0.25, -0.2) is 9.37 Å². The molecule has 25 heavy (non-hydrogen) atoms. The van der Waals surface area contributed by atoms with Crippen LogP contribution in [0.3, 0.4) is 0 Å². The minimum atomic E-state index is -0.424. The Morgan fingerprint density at radius 2 is 1.84 bits per heavy atom. The average molecular weight is 333 g/mol. The molecule has 2 aromatic heterocycles. The quantitative estimate of drug-likeness (QED) is 0.607. The maximum absolute atomic E-state index is 13.7. The standard InChI is InChI=1S/C19H12FN3O2/c20-14-4-3-6-16-17(14)23-19(25-16)12-7-9-13(10-8-12)22-18(24)15-5-1-2-11-21-15/h1-11H,(H,22,24). The Morgan fingerprint density at radius 3 is 2.56 bits per heavy atom. The Labute approximate surface area is 142 Å². The lowest BCUT2D eigenvalue weighted by Gasteiger charge is -2.05. The second kappa shape index (κ2) is 6.16. The normalized spacial score (nSPS) is 10.8. The van der Waals surface area contributed by atoms with Gasteiger partial charge >= 0.3 is 0 Å². The molecule has 5 nitrogen and oxygen atoms in total. The minimum absolute atomic E-state index is 0.199. The lowest BCUT2D eigenvalue weighted by molar-refractivity contribution is 0.102. The van der Waals surface area contributed by atoms with Crippen LogP contribution in [-0.2, 0) is 0 Å². The number of hydrogen-bond donors (Lipinski definition) is 1. The minimum Gasteiger partial charge on any atom is -0.436 e. The highest BCUT2D eigenvalue weighted by molar-refractivity contribution is 6.02. The van der Waals surface area contributed by atoms with Gasteiger partial charge in [-0.05, 0) is 48.5 Å². The van der Waals surface area contributed by atoms with Gasteiger partial charge < -0.3 is 9.73 Å². The third-order valence-corrected chi connectivity index (χ3v) is 3.66. The maximum atomic E-state index is 13.7. The number of rotatable bonds is 3. The first-order valence-electron chi connectivity index (χ1n) is 7.58. The number of oxazole rings is 1. The third-order valence-electron chi connectivity index (χ3n) is 3.66. The number of pyridine rings is 1. The van der Waals surface area contributed by atoms with Crippen molar-refractivity contribution in [2.45, 2.75) is 0 Å². The number of para-hydroxylation sites is 1. The summed E-state index contributed by atoms with van der Waals surface area (Å²) < 4.78 is 19.3. The largest absolute Gasteiger partial charge is 0.436 e.